The number of hydrogen-bond acceptors (Lipinski definition) is 3. The molecule has 0 radical (unpaired) electrons. The third-order valence-electron chi connectivity index (χ3n) is 4.58. The summed E-state index contributed by atoms with van der Waals surface area (Å²) in [4.78, 5) is 14.1. The van der Waals surface area contributed by atoms with Crippen molar-refractivity contribution in [3.63, 3.8) is 0 Å². The Kier molecular flexibility index (Phi) is 5.12. The summed E-state index contributed by atoms with van der Waals surface area (Å²) < 4.78 is 10.8. The van der Waals surface area contributed by atoms with Gasteiger partial charge in [-0.2, -0.15) is 0 Å². The number of nitrogens with zero attached hydrogens (tertiary/aromatic N) is 1. The van der Waals surface area contributed by atoms with E-state index in [1.54, 1.807) is 19.1 Å². The molecule has 0 aromatic heterocycles. The summed E-state index contributed by atoms with van der Waals surface area (Å²) >= 11 is 0. The number of rotatable bonds is 5. The Morgan fingerprint density at radius 2 is 1.96 bits per heavy atom. The highest BCUT2D eigenvalue weighted by Crippen LogP contribution is 2.31. The van der Waals surface area contributed by atoms with Crippen molar-refractivity contribution in [3.05, 3.63) is 59.2 Å². The molecule has 132 valence electrons. The summed E-state index contributed by atoms with van der Waals surface area (Å²) in [5.41, 5.74) is 3.25. The fourth-order valence-corrected chi connectivity index (χ4v) is 2.92. The molecule has 3 rings (SSSR count). The number of carbonyl (C=O) groups is 1. The summed E-state index contributed by atoms with van der Waals surface area (Å²) in [6.45, 7) is 3.32. The SMILES string of the molecule is CCN(C)C(=O)N[C@@H](c1ccc(OC)cc1)c1ccc2c(c1)CCO2. The second-order valence-corrected chi connectivity index (χ2v) is 6.14. The van der Waals surface area contributed by atoms with E-state index in [2.05, 4.69) is 11.4 Å². The molecule has 1 aliphatic rings. The fourth-order valence-electron chi connectivity index (χ4n) is 2.92. The minimum atomic E-state index is -0.224. The molecule has 0 saturated carbocycles. The van der Waals surface area contributed by atoms with Crippen LogP contribution in [0.1, 0.15) is 29.7 Å². The molecule has 5 nitrogen and oxygen atoms in total. The van der Waals surface area contributed by atoms with Gasteiger partial charge < -0.3 is 19.7 Å². The molecular formula is C20H24N2O3. The smallest absolute Gasteiger partial charge is 0.317 e. The molecule has 1 N–H and O–H groups in total. The normalized spacial score (nSPS) is 13.6. The molecule has 0 fully saturated rings. The van der Waals surface area contributed by atoms with Gasteiger partial charge in [0.15, 0.2) is 0 Å². The average molecular weight is 340 g/mol. The fraction of sp³-hybridized carbons (Fsp3) is 0.350. The van der Waals surface area contributed by atoms with Crippen LogP contribution >= 0.6 is 0 Å². The largest absolute Gasteiger partial charge is 0.497 e. The second kappa shape index (κ2) is 7.47. The van der Waals surface area contributed by atoms with E-state index in [0.717, 1.165) is 35.7 Å². The van der Waals surface area contributed by atoms with Crippen LogP contribution in [0.3, 0.4) is 0 Å². The first-order valence-electron chi connectivity index (χ1n) is 8.53. The van der Waals surface area contributed by atoms with Crippen molar-refractivity contribution in [2.45, 2.75) is 19.4 Å². The molecule has 0 unspecified atom stereocenters. The maximum Gasteiger partial charge on any atom is 0.317 e. The number of benzene rings is 2. The molecule has 5 heteroatoms. The van der Waals surface area contributed by atoms with E-state index in [4.69, 9.17) is 9.47 Å². The van der Waals surface area contributed by atoms with Crippen molar-refractivity contribution in [2.24, 2.45) is 0 Å². The van der Waals surface area contributed by atoms with Gasteiger partial charge in [0.2, 0.25) is 0 Å². The Labute approximate surface area is 148 Å². The zero-order valence-corrected chi connectivity index (χ0v) is 14.9. The summed E-state index contributed by atoms with van der Waals surface area (Å²) in [6, 6.07) is 13.6. The van der Waals surface area contributed by atoms with Crippen LogP contribution in [0.4, 0.5) is 4.79 Å². The van der Waals surface area contributed by atoms with Crippen molar-refractivity contribution < 1.29 is 14.3 Å². The first-order chi connectivity index (χ1) is 12.1. The molecule has 1 aliphatic heterocycles. The average Bonchev–Trinajstić information content (AvgIpc) is 3.13. The van der Waals surface area contributed by atoms with E-state index in [9.17, 15) is 4.79 Å². The van der Waals surface area contributed by atoms with Crippen LogP contribution in [0.15, 0.2) is 42.5 Å². The lowest BCUT2D eigenvalue weighted by atomic mass is 9.96. The van der Waals surface area contributed by atoms with Crippen LogP contribution in [0, 0.1) is 0 Å². The molecule has 0 aliphatic carbocycles. The van der Waals surface area contributed by atoms with Crippen LogP contribution in [0.25, 0.3) is 0 Å². The molecule has 25 heavy (non-hydrogen) atoms. The number of urea groups is 1. The van der Waals surface area contributed by atoms with Crippen LogP contribution in [0.5, 0.6) is 11.5 Å². The highest BCUT2D eigenvalue weighted by atomic mass is 16.5. The molecule has 1 atom stereocenters. The van der Waals surface area contributed by atoms with Gasteiger partial charge in [0.1, 0.15) is 11.5 Å². The lowest BCUT2D eigenvalue weighted by Gasteiger charge is -2.24. The summed E-state index contributed by atoms with van der Waals surface area (Å²) in [6.07, 6.45) is 0.904. The van der Waals surface area contributed by atoms with Crippen molar-refractivity contribution in [3.8, 4) is 11.5 Å². The number of amides is 2. The Bertz CT molecular complexity index is 743. The second-order valence-electron chi connectivity index (χ2n) is 6.14. The van der Waals surface area contributed by atoms with Crippen molar-refractivity contribution >= 4 is 6.03 Å². The third-order valence-corrected chi connectivity index (χ3v) is 4.58. The van der Waals surface area contributed by atoms with Gasteiger partial charge in [-0.15, -0.1) is 0 Å². The Balaban J connectivity index is 1.94. The number of methoxy groups -OCH3 is 1. The van der Waals surface area contributed by atoms with Gasteiger partial charge >= 0.3 is 6.03 Å². The van der Waals surface area contributed by atoms with Gasteiger partial charge in [-0.25, -0.2) is 4.79 Å². The first-order valence-corrected chi connectivity index (χ1v) is 8.53. The number of carbonyl (C=O) groups excluding carboxylic acids is 1. The first kappa shape index (κ1) is 17.1. The summed E-state index contributed by atoms with van der Waals surface area (Å²) in [5.74, 6) is 1.73. The van der Waals surface area contributed by atoms with Gasteiger partial charge in [-0.1, -0.05) is 18.2 Å². The Hall–Kier alpha value is -2.69. The van der Waals surface area contributed by atoms with E-state index in [-0.39, 0.29) is 12.1 Å². The van der Waals surface area contributed by atoms with Gasteiger partial charge in [-0.05, 0) is 47.9 Å². The van der Waals surface area contributed by atoms with Gasteiger partial charge in [0.05, 0.1) is 19.8 Å². The molecule has 0 saturated heterocycles. The number of fused-ring (bicyclic) bond motifs is 1. The maximum absolute atomic E-state index is 12.5. The van der Waals surface area contributed by atoms with Crippen molar-refractivity contribution in [1.29, 1.82) is 0 Å². The lowest BCUT2D eigenvalue weighted by molar-refractivity contribution is 0.208. The minimum Gasteiger partial charge on any atom is -0.497 e. The van der Waals surface area contributed by atoms with E-state index in [1.807, 2.05) is 43.3 Å². The van der Waals surface area contributed by atoms with Gasteiger partial charge in [0, 0.05) is 20.0 Å². The van der Waals surface area contributed by atoms with Gasteiger partial charge in [-0.3, -0.25) is 0 Å². The quantitative estimate of drug-likeness (QED) is 0.908. The molecule has 2 amide bonds. The zero-order valence-electron chi connectivity index (χ0n) is 14.9. The van der Waals surface area contributed by atoms with E-state index < -0.39 is 0 Å². The predicted molar refractivity (Wildman–Crippen MR) is 97.3 cm³/mol. The number of hydrogen-bond donors (Lipinski definition) is 1. The highest BCUT2D eigenvalue weighted by molar-refractivity contribution is 5.75. The standard InChI is InChI=1S/C20H24N2O3/c1-4-22(2)20(23)21-19(14-5-8-17(24-3)9-6-14)16-7-10-18-15(13-16)11-12-25-18/h5-10,13,19H,4,11-12H2,1-3H3,(H,21,23)/t19-/m0/s1. The van der Waals surface area contributed by atoms with Gasteiger partial charge in [0.25, 0.3) is 0 Å². The predicted octanol–water partition coefficient (Wildman–Crippen LogP) is 3.38. The van der Waals surface area contributed by atoms with Crippen molar-refractivity contribution in [1.82, 2.24) is 10.2 Å². The van der Waals surface area contributed by atoms with Crippen molar-refractivity contribution in [2.75, 3.05) is 27.3 Å². The molecule has 1 heterocycles. The van der Waals surface area contributed by atoms with Crippen LogP contribution in [-0.2, 0) is 6.42 Å². The van der Waals surface area contributed by atoms with E-state index in [1.165, 1.54) is 5.56 Å². The van der Waals surface area contributed by atoms with Crippen LogP contribution in [0.2, 0.25) is 0 Å². The van der Waals surface area contributed by atoms with E-state index in [0.29, 0.717) is 6.54 Å². The molecule has 2 aromatic rings. The highest BCUT2D eigenvalue weighted by Gasteiger charge is 2.21. The minimum absolute atomic E-state index is 0.0972. The summed E-state index contributed by atoms with van der Waals surface area (Å²) in [7, 11) is 3.43. The monoisotopic (exact) mass is 340 g/mol. The zero-order chi connectivity index (χ0) is 17.8. The number of ether oxygens (including phenoxy) is 2. The Morgan fingerprint density at radius 3 is 2.64 bits per heavy atom. The number of nitrogens with one attached hydrogen (secondary N) is 1. The molecular weight excluding hydrogens is 316 g/mol. The lowest BCUT2D eigenvalue weighted by Crippen LogP contribution is -2.39. The topological polar surface area (TPSA) is 50.8 Å². The molecule has 0 bridgehead atoms. The molecule has 0 spiro atoms. The maximum atomic E-state index is 12.5. The van der Waals surface area contributed by atoms with E-state index >= 15 is 0 Å². The third kappa shape index (κ3) is 3.71. The molecule has 2 aromatic carbocycles. The van der Waals surface area contributed by atoms with Crippen LogP contribution < -0.4 is 14.8 Å². The summed E-state index contributed by atoms with van der Waals surface area (Å²) in [5, 5.41) is 3.13. The Morgan fingerprint density at radius 1 is 1.24 bits per heavy atom. The van der Waals surface area contributed by atoms with Crippen LogP contribution in [-0.4, -0.2) is 38.2 Å².